The smallest absolute Gasteiger partial charge is 0.338 e. The summed E-state index contributed by atoms with van der Waals surface area (Å²) >= 11 is 0. The highest BCUT2D eigenvalue weighted by molar-refractivity contribution is 5.91. The van der Waals surface area contributed by atoms with E-state index in [0.29, 0.717) is 18.5 Å². The van der Waals surface area contributed by atoms with E-state index in [2.05, 4.69) is 24.4 Å². The summed E-state index contributed by atoms with van der Waals surface area (Å²) < 4.78 is 5.44. The van der Waals surface area contributed by atoms with Crippen molar-refractivity contribution in [2.75, 3.05) is 6.54 Å². The quantitative estimate of drug-likeness (QED) is 0.838. The molecule has 2 N–H and O–H groups in total. The number of ether oxygens (including phenoxy) is 1. The third kappa shape index (κ3) is 3.72. The monoisotopic (exact) mass is 339 g/mol. The minimum atomic E-state index is -0.919. The van der Waals surface area contributed by atoms with Gasteiger partial charge in [0.25, 0.3) is 0 Å². The zero-order chi connectivity index (χ0) is 18.0. The van der Waals surface area contributed by atoms with Crippen LogP contribution < -0.4 is 5.32 Å². The lowest BCUT2D eigenvalue weighted by Crippen LogP contribution is -2.30. The van der Waals surface area contributed by atoms with Crippen LogP contribution in [0, 0.1) is 13.8 Å². The number of carboxylic acids is 1. The molecule has 0 radical (unpaired) electrons. The van der Waals surface area contributed by atoms with Crippen molar-refractivity contribution < 1.29 is 19.4 Å². The van der Waals surface area contributed by atoms with Crippen LogP contribution in [0.25, 0.3) is 11.1 Å². The predicted octanol–water partition coefficient (Wildman–Crippen LogP) is 2.94. The number of hydrogen-bond donors (Lipinski definition) is 2. The standard InChI is InChI=1S/C20H21NO4/c1-12-5-3-4-6-16(12)17-8-7-14(9-13(17)2)20(24)25-15-10-18(19(22)23)21-11-15/h3-9,15,18,21H,10-11H2,1-2H3,(H,22,23)/t15-,18-/m0/s1. The van der Waals surface area contributed by atoms with Crippen LogP contribution in [0.3, 0.4) is 0 Å². The lowest BCUT2D eigenvalue weighted by Gasteiger charge is -2.13. The number of aryl methyl sites for hydroxylation is 2. The number of aliphatic carboxylic acids is 1. The molecule has 1 fully saturated rings. The second kappa shape index (κ2) is 7.07. The molecule has 0 aromatic heterocycles. The first-order valence-electron chi connectivity index (χ1n) is 8.29. The van der Waals surface area contributed by atoms with Gasteiger partial charge in [-0.05, 0) is 48.2 Å². The van der Waals surface area contributed by atoms with Crippen LogP contribution in [0.2, 0.25) is 0 Å². The number of hydrogen-bond acceptors (Lipinski definition) is 4. The first-order valence-corrected chi connectivity index (χ1v) is 8.29. The van der Waals surface area contributed by atoms with Crippen molar-refractivity contribution in [1.29, 1.82) is 0 Å². The number of nitrogens with one attached hydrogen (secondary N) is 1. The van der Waals surface area contributed by atoms with Gasteiger partial charge in [-0.3, -0.25) is 4.79 Å². The van der Waals surface area contributed by atoms with Gasteiger partial charge in [-0.25, -0.2) is 4.79 Å². The Balaban J connectivity index is 1.74. The van der Waals surface area contributed by atoms with Gasteiger partial charge in [-0.1, -0.05) is 30.3 Å². The van der Waals surface area contributed by atoms with Gasteiger partial charge in [-0.15, -0.1) is 0 Å². The Morgan fingerprint density at radius 2 is 1.80 bits per heavy atom. The summed E-state index contributed by atoms with van der Waals surface area (Å²) in [5, 5.41) is 11.8. The molecule has 0 amide bonds. The molecule has 1 aliphatic heterocycles. The first-order chi connectivity index (χ1) is 12.0. The van der Waals surface area contributed by atoms with Gasteiger partial charge in [-0.2, -0.15) is 0 Å². The van der Waals surface area contributed by atoms with Crippen molar-refractivity contribution in [2.45, 2.75) is 32.4 Å². The van der Waals surface area contributed by atoms with E-state index in [1.807, 2.05) is 31.2 Å². The van der Waals surface area contributed by atoms with Crippen molar-refractivity contribution in [3.05, 3.63) is 59.2 Å². The van der Waals surface area contributed by atoms with Crippen molar-refractivity contribution in [3.63, 3.8) is 0 Å². The van der Waals surface area contributed by atoms with Gasteiger partial charge < -0.3 is 15.2 Å². The minimum absolute atomic E-state index is 0.293. The van der Waals surface area contributed by atoms with Gasteiger partial charge in [0.1, 0.15) is 12.1 Å². The molecular formula is C20H21NO4. The molecule has 1 aliphatic rings. The predicted molar refractivity (Wildman–Crippen MR) is 94.6 cm³/mol. The maximum absolute atomic E-state index is 12.3. The maximum Gasteiger partial charge on any atom is 0.338 e. The molecule has 0 saturated carbocycles. The number of carbonyl (C=O) groups excluding carboxylic acids is 1. The van der Waals surface area contributed by atoms with Crippen LogP contribution in [0.15, 0.2) is 42.5 Å². The first kappa shape index (κ1) is 17.2. The fourth-order valence-electron chi connectivity index (χ4n) is 3.17. The molecule has 3 rings (SSSR count). The molecule has 1 heterocycles. The molecule has 1 saturated heterocycles. The van der Waals surface area contributed by atoms with Crippen LogP contribution in [-0.4, -0.2) is 35.7 Å². The Morgan fingerprint density at radius 1 is 1.08 bits per heavy atom. The molecule has 0 unspecified atom stereocenters. The third-order valence-corrected chi connectivity index (χ3v) is 4.56. The van der Waals surface area contributed by atoms with E-state index < -0.39 is 24.1 Å². The minimum Gasteiger partial charge on any atom is -0.480 e. The second-order valence-corrected chi connectivity index (χ2v) is 6.41. The Hall–Kier alpha value is -2.66. The highest BCUT2D eigenvalue weighted by Gasteiger charge is 2.31. The molecule has 0 spiro atoms. The molecule has 2 atom stereocenters. The summed E-state index contributed by atoms with van der Waals surface area (Å²) in [4.78, 5) is 23.3. The molecule has 5 heteroatoms. The van der Waals surface area contributed by atoms with Crippen LogP contribution in [0.1, 0.15) is 27.9 Å². The summed E-state index contributed by atoms with van der Waals surface area (Å²) in [6.07, 6.45) is -0.119. The van der Waals surface area contributed by atoms with Crippen LogP contribution in [0.5, 0.6) is 0 Å². The summed E-state index contributed by atoms with van der Waals surface area (Å²) in [6.45, 7) is 4.39. The molecule has 2 aromatic carbocycles. The Kier molecular flexibility index (Phi) is 4.86. The van der Waals surface area contributed by atoms with Crippen LogP contribution in [-0.2, 0) is 9.53 Å². The normalized spacial score (nSPS) is 19.6. The fraction of sp³-hybridized carbons (Fsp3) is 0.300. The maximum atomic E-state index is 12.3. The van der Waals surface area contributed by atoms with E-state index in [4.69, 9.17) is 9.84 Å². The molecule has 2 aromatic rings. The Morgan fingerprint density at radius 3 is 2.44 bits per heavy atom. The SMILES string of the molecule is Cc1ccccc1-c1ccc(C(=O)O[C@@H]2CN[C@H](C(=O)O)C2)cc1C. The Bertz CT molecular complexity index is 815. The molecule has 5 nitrogen and oxygen atoms in total. The van der Waals surface area contributed by atoms with E-state index in [1.165, 1.54) is 5.56 Å². The molecular weight excluding hydrogens is 318 g/mol. The van der Waals surface area contributed by atoms with Crippen molar-refractivity contribution in [3.8, 4) is 11.1 Å². The highest BCUT2D eigenvalue weighted by Crippen LogP contribution is 2.27. The third-order valence-electron chi connectivity index (χ3n) is 4.56. The zero-order valence-corrected chi connectivity index (χ0v) is 14.3. The van der Waals surface area contributed by atoms with E-state index in [0.717, 1.165) is 16.7 Å². The second-order valence-electron chi connectivity index (χ2n) is 6.41. The van der Waals surface area contributed by atoms with Gasteiger partial charge in [0.2, 0.25) is 0 Å². The van der Waals surface area contributed by atoms with Crippen LogP contribution >= 0.6 is 0 Å². The largest absolute Gasteiger partial charge is 0.480 e. The number of esters is 1. The van der Waals surface area contributed by atoms with E-state index in [1.54, 1.807) is 6.07 Å². The van der Waals surface area contributed by atoms with Gasteiger partial charge in [0, 0.05) is 13.0 Å². The van der Waals surface area contributed by atoms with Gasteiger partial charge in [0.15, 0.2) is 0 Å². The number of carbonyl (C=O) groups is 2. The summed E-state index contributed by atoms with van der Waals surface area (Å²) in [5.74, 6) is -1.34. The Labute approximate surface area is 146 Å². The average Bonchev–Trinajstić information content (AvgIpc) is 3.04. The van der Waals surface area contributed by atoms with E-state index >= 15 is 0 Å². The zero-order valence-electron chi connectivity index (χ0n) is 14.3. The van der Waals surface area contributed by atoms with E-state index in [-0.39, 0.29) is 0 Å². The highest BCUT2D eigenvalue weighted by atomic mass is 16.5. The van der Waals surface area contributed by atoms with Crippen molar-refractivity contribution >= 4 is 11.9 Å². The molecule has 25 heavy (non-hydrogen) atoms. The topological polar surface area (TPSA) is 75.6 Å². The average molecular weight is 339 g/mol. The number of rotatable bonds is 4. The summed E-state index contributed by atoms with van der Waals surface area (Å²) in [6, 6.07) is 13.0. The number of benzene rings is 2. The molecule has 0 aliphatic carbocycles. The van der Waals surface area contributed by atoms with Crippen molar-refractivity contribution in [2.24, 2.45) is 0 Å². The van der Waals surface area contributed by atoms with Gasteiger partial charge >= 0.3 is 11.9 Å². The number of carboxylic acid groups (broad SMARTS) is 1. The lowest BCUT2D eigenvalue weighted by atomic mass is 9.95. The lowest BCUT2D eigenvalue weighted by molar-refractivity contribution is -0.139. The molecule has 0 bridgehead atoms. The van der Waals surface area contributed by atoms with E-state index in [9.17, 15) is 9.59 Å². The molecule has 130 valence electrons. The summed E-state index contributed by atoms with van der Waals surface area (Å²) in [7, 11) is 0. The van der Waals surface area contributed by atoms with Gasteiger partial charge in [0.05, 0.1) is 5.56 Å². The fourth-order valence-corrected chi connectivity index (χ4v) is 3.17. The van der Waals surface area contributed by atoms with Crippen LogP contribution in [0.4, 0.5) is 0 Å². The summed E-state index contributed by atoms with van der Waals surface area (Å²) in [5.41, 5.74) is 4.88. The van der Waals surface area contributed by atoms with Crippen molar-refractivity contribution in [1.82, 2.24) is 5.32 Å².